The smallest absolute Gasteiger partial charge is 0.741 e. The fourth-order valence-corrected chi connectivity index (χ4v) is 1.99. The minimum absolute atomic E-state index is 0. The fraction of sp³-hybridized carbons (Fsp3) is 0.176. The Labute approximate surface area is 253 Å². The first-order valence-corrected chi connectivity index (χ1v) is 11.7. The molecule has 0 atom stereocenters. The molecule has 4 heterocycles. The van der Waals surface area contributed by atoms with Crippen molar-refractivity contribution in [2.75, 3.05) is 0 Å². The van der Waals surface area contributed by atoms with Gasteiger partial charge in [0.05, 0.1) is 11.2 Å². The van der Waals surface area contributed by atoms with Crippen molar-refractivity contribution in [3.8, 4) is 0 Å². The van der Waals surface area contributed by atoms with Crippen LogP contribution in [-0.4, -0.2) is 59.0 Å². The quantitative estimate of drug-likeness (QED) is 0.155. The van der Waals surface area contributed by atoms with Crippen LogP contribution >= 0.6 is 23.2 Å². The number of hydrogen-bond donors (Lipinski definition) is 0. The van der Waals surface area contributed by atoms with Crippen LogP contribution < -0.4 is 21.4 Å². The van der Waals surface area contributed by atoms with Gasteiger partial charge in [0, 0.05) is 36.9 Å². The molecular weight excluding hydrogens is 707 g/mol. The van der Waals surface area contributed by atoms with Crippen molar-refractivity contribution in [1.29, 1.82) is 0 Å². The topological polar surface area (TPSA) is 213 Å². The third kappa shape index (κ3) is 15.0. The molecular formula is C17H12Cl2Cu2F3N12O3S. The number of hydrogen-bond acceptors (Lipinski definition) is 13. The first kappa shape index (κ1) is 37.1. The zero-order valence-corrected chi connectivity index (χ0v) is 23.2. The zero-order chi connectivity index (χ0) is 28.0. The summed E-state index contributed by atoms with van der Waals surface area (Å²) in [7, 11) is -6.09. The Morgan fingerprint density at radius 2 is 1.18 bits per heavy atom. The summed E-state index contributed by atoms with van der Waals surface area (Å²) in [6, 6.07) is 11.2. The first-order chi connectivity index (χ1) is 17.9. The van der Waals surface area contributed by atoms with Gasteiger partial charge in [-0.1, -0.05) is 12.1 Å². The summed E-state index contributed by atoms with van der Waals surface area (Å²) < 4.78 is 58.9. The molecule has 1 radical (unpaired) electrons. The van der Waals surface area contributed by atoms with E-state index in [1.165, 1.54) is 0 Å². The molecule has 0 saturated carbocycles. The molecule has 40 heavy (non-hydrogen) atoms. The number of pyridine rings is 2. The minimum atomic E-state index is -6.09. The SMILES string of the molecule is Clc1nnc(=NCc2ccccn2)[n-]n1.Clc1nnc(=NCc2ccccn2)[n-]n1.O=S(=O)([O-])C(F)(F)F.[Cu+2].[Cu+]. The molecule has 0 fully saturated rings. The number of alkyl halides is 3. The molecule has 4 aromatic rings. The molecule has 23 heteroatoms. The average Bonchev–Trinajstić information content (AvgIpc) is 2.89. The minimum Gasteiger partial charge on any atom is -0.741 e. The molecule has 221 valence electrons. The summed E-state index contributed by atoms with van der Waals surface area (Å²) >= 11 is 10.9. The van der Waals surface area contributed by atoms with Crippen LogP contribution in [0.15, 0.2) is 58.8 Å². The molecule has 15 nitrogen and oxygen atoms in total. The van der Waals surface area contributed by atoms with Gasteiger partial charge in [-0.25, -0.2) is 8.42 Å². The van der Waals surface area contributed by atoms with Crippen molar-refractivity contribution in [3.63, 3.8) is 0 Å². The summed E-state index contributed by atoms with van der Waals surface area (Å²) in [6.07, 6.45) is 3.40. The van der Waals surface area contributed by atoms with E-state index in [0.29, 0.717) is 13.1 Å². The Balaban J connectivity index is 0.000000585. The van der Waals surface area contributed by atoms with Gasteiger partial charge in [-0.15, -0.1) is 0 Å². The Kier molecular flexibility index (Phi) is 17.1. The van der Waals surface area contributed by atoms with Crippen molar-refractivity contribution in [2.45, 2.75) is 18.6 Å². The number of nitrogens with zero attached hydrogens (tertiary/aromatic N) is 12. The van der Waals surface area contributed by atoms with Crippen molar-refractivity contribution < 1.29 is 60.3 Å². The van der Waals surface area contributed by atoms with Crippen LogP contribution in [0.3, 0.4) is 0 Å². The third-order valence-corrected chi connectivity index (χ3v) is 4.26. The van der Waals surface area contributed by atoms with Crippen LogP contribution in [0.2, 0.25) is 10.6 Å². The molecule has 0 aliphatic carbocycles. The molecule has 0 spiro atoms. The van der Waals surface area contributed by atoms with E-state index >= 15 is 0 Å². The predicted octanol–water partition coefficient (Wildman–Crippen LogP) is 0.00260. The predicted molar refractivity (Wildman–Crippen MR) is 119 cm³/mol. The Morgan fingerprint density at radius 3 is 1.43 bits per heavy atom. The van der Waals surface area contributed by atoms with Gasteiger partial charge in [-0.05, 0) is 47.5 Å². The summed E-state index contributed by atoms with van der Waals surface area (Å²) in [6.45, 7) is 0.789. The summed E-state index contributed by atoms with van der Waals surface area (Å²) in [5.41, 5.74) is -3.59. The molecule has 4 rings (SSSR count). The summed E-state index contributed by atoms with van der Waals surface area (Å²) in [4.78, 5) is 16.3. The van der Waals surface area contributed by atoms with E-state index in [9.17, 15) is 13.2 Å². The third-order valence-electron chi connectivity index (χ3n) is 3.39. The van der Waals surface area contributed by atoms with Gasteiger partial charge < -0.3 is 14.5 Å². The molecule has 0 aliphatic rings. The van der Waals surface area contributed by atoms with E-state index in [2.05, 4.69) is 60.7 Å². The maximum atomic E-state index is 10.7. The summed E-state index contributed by atoms with van der Waals surface area (Å²) in [5, 5.41) is 28.7. The van der Waals surface area contributed by atoms with Gasteiger partial charge in [-0.3, -0.25) is 30.4 Å². The summed E-state index contributed by atoms with van der Waals surface area (Å²) in [5.74, 6) is 0. The van der Waals surface area contributed by atoms with E-state index in [4.69, 9.17) is 36.2 Å². The Hall–Kier alpha value is -2.90. The monoisotopic (exact) mass is 717 g/mol. The normalized spacial score (nSPS) is 10.2. The molecule has 0 aromatic carbocycles. The average molecular weight is 719 g/mol. The second kappa shape index (κ2) is 18.4. The Morgan fingerprint density at radius 1 is 0.800 bits per heavy atom. The van der Waals surface area contributed by atoms with Crippen LogP contribution in [0.1, 0.15) is 11.4 Å². The Bertz CT molecular complexity index is 1400. The van der Waals surface area contributed by atoms with Gasteiger partial charge in [0.25, 0.3) is 0 Å². The second-order valence-electron chi connectivity index (χ2n) is 6.11. The zero-order valence-electron chi connectivity index (χ0n) is 19.0. The molecule has 4 aromatic heterocycles. The van der Waals surface area contributed by atoms with E-state index in [-0.39, 0.29) is 55.9 Å². The molecule has 0 saturated heterocycles. The van der Waals surface area contributed by atoms with E-state index in [1.807, 2.05) is 36.4 Å². The van der Waals surface area contributed by atoms with E-state index in [0.717, 1.165) is 11.4 Å². The maximum Gasteiger partial charge on any atom is 2.00 e. The van der Waals surface area contributed by atoms with Gasteiger partial charge in [0.1, 0.15) is 0 Å². The molecule has 0 amide bonds. The first-order valence-electron chi connectivity index (χ1n) is 9.57. The van der Waals surface area contributed by atoms with Crippen LogP contribution in [-0.2, 0) is 57.3 Å². The largest absolute Gasteiger partial charge is 2.00 e. The standard InChI is InChI=1S/2C8H6ClN6.CHF3O3S.2Cu/c2*9-7-12-14-8(15-13-7)11-5-6-3-1-2-4-10-6;2-1(3,4)8(5,6)7;;/h2*1-4H,5H2;(H,5,6,7);;/q2*-1;;+1;+2/p-1. The van der Waals surface area contributed by atoms with Gasteiger partial charge in [-0.2, -0.15) is 33.6 Å². The van der Waals surface area contributed by atoms with Gasteiger partial charge in [0.2, 0.25) is 10.6 Å². The van der Waals surface area contributed by atoms with Crippen LogP contribution in [0, 0.1) is 0 Å². The molecule has 0 bridgehead atoms. The van der Waals surface area contributed by atoms with E-state index < -0.39 is 15.6 Å². The van der Waals surface area contributed by atoms with Crippen molar-refractivity contribution in [2.24, 2.45) is 9.98 Å². The molecule has 0 aliphatic heterocycles. The van der Waals surface area contributed by atoms with Crippen molar-refractivity contribution in [3.05, 3.63) is 82.0 Å². The fourth-order valence-electron chi connectivity index (χ4n) is 1.84. The maximum absolute atomic E-state index is 10.7. The van der Waals surface area contributed by atoms with Gasteiger partial charge in [0.15, 0.2) is 10.1 Å². The van der Waals surface area contributed by atoms with Crippen LogP contribution in [0.5, 0.6) is 0 Å². The van der Waals surface area contributed by atoms with Crippen LogP contribution in [0.25, 0.3) is 0 Å². The van der Waals surface area contributed by atoms with Gasteiger partial charge >= 0.3 is 39.6 Å². The molecule has 0 unspecified atom stereocenters. The van der Waals surface area contributed by atoms with Crippen molar-refractivity contribution >= 4 is 33.3 Å². The second-order valence-corrected chi connectivity index (χ2v) is 8.16. The number of rotatable bonds is 4. The number of aromatic nitrogens is 10. The molecule has 0 N–H and O–H groups in total. The van der Waals surface area contributed by atoms with Crippen LogP contribution in [0.4, 0.5) is 13.2 Å². The van der Waals surface area contributed by atoms with E-state index in [1.54, 1.807) is 12.4 Å². The van der Waals surface area contributed by atoms with Crippen molar-refractivity contribution in [1.82, 2.24) is 50.8 Å². The number of halogens is 5.